The molecule has 1 aromatic carbocycles. The molecule has 3 fully saturated rings. The van der Waals surface area contributed by atoms with Gasteiger partial charge in [-0.05, 0) is 122 Å². The van der Waals surface area contributed by atoms with E-state index in [-0.39, 0.29) is 0 Å². The molecule has 5 rings (SSSR count). The van der Waals surface area contributed by atoms with Crippen LogP contribution in [-0.2, 0) is 0 Å². The highest BCUT2D eigenvalue weighted by Gasteiger charge is 2.59. The van der Waals surface area contributed by atoms with Crippen LogP contribution < -0.4 is 10.9 Å². The summed E-state index contributed by atoms with van der Waals surface area (Å²) in [6.45, 7) is 15.2. The zero-order valence-electron chi connectivity index (χ0n) is 24.9. The Labute approximate surface area is 228 Å². The van der Waals surface area contributed by atoms with Crippen LogP contribution in [0.3, 0.4) is 0 Å². The van der Waals surface area contributed by atoms with Crippen LogP contribution in [0.5, 0.6) is 0 Å². The van der Waals surface area contributed by atoms with Crippen LogP contribution in [-0.4, -0.2) is 6.04 Å². The standard InChI is InChI=1S/C35H56N2/c1-7-26(24(2)3)14-13-25(4)31-17-18-32-30-16-15-27-23-29(37(36)28-11-9-8-10-12-28)19-21-34(27,5)33(30)20-22-35(31,32)6/h8-12,15,24-26,29-33H,7,13-14,16-23,36H2,1-6H3/t25-,26+,29-,30+,31-,32+,33+,34-,35+/m0/s1. The fraction of sp³-hybridized carbons (Fsp3) is 0.771. The molecule has 0 amide bonds. The molecule has 2 nitrogen and oxygen atoms in total. The summed E-state index contributed by atoms with van der Waals surface area (Å²) < 4.78 is 0. The maximum Gasteiger partial charge on any atom is 0.0520 e. The third-order valence-electron chi connectivity index (χ3n) is 12.7. The Morgan fingerprint density at radius 1 is 0.946 bits per heavy atom. The van der Waals surface area contributed by atoms with E-state index in [0.717, 1.165) is 53.5 Å². The Morgan fingerprint density at radius 2 is 1.70 bits per heavy atom. The van der Waals surface area contributed by atoms with Gasteiger partial charge in [-0.15, -0.1) is 0 Å². The van der Waals surface area contributed by atoms with Gasteiger partial charge in [-0.2, -0.15) is 0 Å². The van der Waals surface area contributed by atoms with Crippen LogP contribution in [0.1, 0.15) is 112 Å². The predicted molar refractivity (Wildman–Crippen MR) is 159 cm³/mol. The lowest BCUT2D eigenvalue weighted by atomic mass is 9.47. The summed E-state index contributed by atoms with van der Waals surface area (Å²) in [6.07, 6.45) is 17.8. The van der Waals surface area contributed by atoms with E-state index in [1.807, 2.05) is 0 Å². The Bertz CT molecular complexity index is 936. The molecule has 0 saturated heterocycles. The number of benzene rings is 1. The summed E-state index contributed by atoms with van der Waals surface area (Å²) in [4.78, 5) is 0. The first-order valence-electron chi connectivity index (χ1n) is 16.0. The summed E-state index contributed by atoms with van der Waals surface area (Å²) in [7, 11) is 0. The number of hydrazine groups is 1. The monoisotopic (exact) mass is 504 g/mol. The highest BCUT2D eigenvalue weighted by molar-refractivity contribution is 5.46. The molecule has 4 aliphatic carbocycles. The first-order chi connectivity index (χ1) is 17.7. The highest BCUT2D eigenvalue weighted by atomic mass is 15.4. The van der Waals surface area contributed by atoms with Crippen LogP contribution in [0.4, 0.5) is 5.69 Å². The average molecular weight is 505 g/mol. The second-order valence-electron chi connectivity index (χ2n) is 14.6. The number of nitrogens with two attached hydrogens (primary N) is 1. The van der Waals surface area contributed by atoms with Crippen molar-refractivity contribution >= 4 is 5.69 Å². The third-order valence-corrected chi connectivity index (χ3v) is 12.7. The summed E-state index contributed by atoms with van der Waals surface area (Å²) in [5.74, 6) is 13.0. The number of nitrogens with zero attached hydrogens (tertiary/aromatic N) is 1. The van der Waals surface area contributed by atoms with E-state index in [1.54, 1.807) is 5.57 Å². The summed E-state index contributed by atoms with van der Waals surface area (Å²) in [6, 6.07) is 11.0. The minimum atomic E-state index is 0.396. The van der Waals surface area contributed by atoms with Crippen LogP contribution in [0.15, 0.2) is 42.0 Å². The van der Waals surface area contributed by atoms with E-state index in [4.69, 9.17) is 5.84 Å². The van der Waals surface area contributed by atoms with Crippen molar-refractivity contribution in [2.45, 2.75) is 118 Å². The van der Waals surface area contributed by atoms with Gasteiger partial charge in [0.1, 0.15) is 0 Å². The van der Waals surface area contributed by atoms with E-state index in [2.05, 4.69) is 83.0 Å². The summed E-state index contributed by atoms with van der Waals surface area (Å²) in [5.41, 5.74) is 3.86. The normalized spacial score (nSPS) is 38.8. The molecule has 37 heavy (non-hydrogen) atoms. The fourth-order valence-corrected chi connectivity index (χ4v) is 10.4. The molecular weight excluding hydrogens is 448 g/mol. The SMILES string of the molecule is CC[C@H](CC[C@H](C)[C@@H]1CC[C@@H]2[C@H]3CC=C4C[C@@H](N(N)c5ccccc5)CC[C@]4(C)[C@@H]3CC[C@@]21C)C(C)C. The lowest BCUT2D eigenvalue weighted by Gasteiger charge is -2.59. The Morgan fingerprint density at radius 3 is 2.41 bits per heavy atom. The van der Waals surface area contributed by atoms with Crippen molar-refractivity contribution in [3.63, 3.8) is 0 Å². The Kier molecular flexibility index (Phi) is 7.90. The molecule has 2 N–H and O–H groups in total. The topological polar surface area (TPSA) is 29.3 Å². The Hall–Kier alpha value is -1.28. The number of hydrogen-bond acceptors (Lipinski definition) is 2. The molecule has 0 aromatic heterocycles. The average Bonchev–Trinajstić information content (AvgIpc) is 3.25. The maximum atomic E-state index is 6.67. The number of hydrogen-bond donors (Lipinski definition) is 1. The van der Waals surface area contributed by atoms with E-state index in [1.165, 1.54) is 64.2 Å². The molecule has 206 valence electrons. The lowest BCUT2D eigenvalue weighted by molar-refractivity contribution is -0.0512. The maximum absolute atomic E-state index is 6.67. The quantitative estimate of drug-likeness (QED) is 0.217. The number of rotatable bonds is 8. The predicted octanol–water partition coefficient (Wildman–Crippen LogP) is 9.41. The molecule has 3 saturated carbocycles. The molecule has 0 spiro atoms. The molecular formula is C35H56N2. The van der Waals surface area contributed by atoms with Gasteiger partial charge in [0.05, 0.1) is 5.69 Å². The van der Waals surface area contributed by atoms with E-state index in [0.29, 0.717) is 16.9 Å². The van der Waals surface area contributed by atoms with Gasteiger partial charge in [0, 0.05) is 6.04 Å². The molecule has 2 heteroatoms. The molecule has 0 heterocycles. The first kappa shape index (κ1) is 27.3. The molecule has 1 aromatic rings. The number of para-hydroxylation sites is 1. The van der Waals surface area contributed by atoms with Crippen molar-refractivity contribution in [1.82, 2.24) is 0 Å². The molecule has 0 aliphatic heterocycles. The van der Waals surface area contributed by atoms with Gasteiger partial charge < -0.3 is 5.01 Å². The fourth-order valence-electron chi connectivity index (χ4n) is 10.4. The van der Waals surface area contributed by atoms with Gasteiger partial charge in [-0.25, -0.2) is 5.84 Å². The van der Waals surface area contributed by atoms with Crippen molar-refractivity contribution in [2.75, 3.05) is 5.01 Å². The van der Waals surface area contributed by atoms with E-state index >= 15 is 0 Å². The smallest absolute Gasteiger partial charge is 0.0520 e. The third kappa shape index (κ3) is 4.83. The van der Waals surface area contributed by atoms with Crippen molar-refractivity contribution in [3.05, 3.63) is 42.0 Å². The van der Waals surface area contributed by atoms with Gasteiger partial charge in [0.15, 0.2) is 0 Å². The van der Waals surface area contributed by atoms with Gasteiger partial charge in [-0.3, -0.25) is 0 Å². The number of allylic oxidation sites excluding steroid dienone is 1. The van der Waals surface area contributed by atoms with E-state index in [9.17, 15) is 0 Å². The highest BCUT2D eigenvalue weighted by Crippen LogP contribution is 2.67. The van der Waals surface area contributed by atoms with Gasteiger partial charge in [-0.1, -0.05) is 84.2 Å². The zero-order valence-corrected chi connectivity index (χ0v) is 24.9. The minimum Gasteiger partial charge on any atom is -0.308 e. The number of fused-ring (bicyclic) bond motifs is 5. The molecule has 9 atom stereocenters. The van der Waals surface area contributed by atoms with Crippen molar-refractivity contribution in [2.24, 2.45) is 58.1 Å². The second kappa shape index (κ2) is 10.7. The zero-order chi connectivity index (χ0) is 26.4. The van der Waals surface area contributed by atoms with Crippen molar-refractivity contribution in [1.29, 1.82) is 0 Å². The first-order valence-corrected chi connectivity index (χ1v) is 16.0. The Balaban J connectivity index is 1.28. The second-order valence-corrected chi connectivity index (χ2v) is 14.6. The van der Waals surface area contributed by atoms with Crippen LogP contribution in [0.25, 0.3) is 0 Å². The van der Waals surface area contributed by atoms with Gasteiger partial charge in [0.2, 0.25) is 0 Å². The molecule has 4 aliphatic rings. The number of anilines is 1. The van der Waals surface area contributed by atoms with Gasteiger partial charge in [0.25, 0.3) is 0 Å². The minimum absolute atomic E-state index is 0.396. The van der Waals surface area contributed by atoms with Crippen LogP contribution >= 0.6 is 0 Å². The summed E-state index contributed by atoms with van der Waals surface area (Å²) in [5, 5.41) is 2.07. The largest absolute Gasteiger partial charge is 0.308 e. The van der Waals surface area contributed by atoms with E-state index < -0.39 is 0 Å². The van der Waals surface area contributed by atoms with Crippen LogP contribution in [0, 0.1) is 52.3 Å². The van der Waals surface area contributed by atoms with Crippen molar-refractivity contribution in [3.8, 4) is 0 Å². The van der Waals surface area contributed by atoms with Crippen molar-refractivity contribution < 1.29 is 0 Å². The molecule has 0 unspecified atom stereocenters. The molecule has 0 bridgehead atoms. The summed E-state index contributed by atoms with van der Waals surface area (Å²) >= 11 is 0. The molecule has 0 radical (unpaired) electrons. The van der Waals surface area contributed by atoms with Crippen LogP contribution in [0.2, 0.25) is 0 Å². The van der Waals surface area contributed by atoms with Gasteiger partial charge >= 0.3 is 0 Å². The lowest BCUT2D eigenvalue weighted by Crippen LogP contribution is -2.53.